The van der Waals surface area contributed by atoms with Crippen LogP contribution in [0.2, 0.25) is 0 Å². The lowest BCUT2D eigenvalue weighted by molar-refractivity contribution is 0.00584. The molecule has 2 fully saturated rings. The van der Waals surface area contributed by atoms with Crippen molar-refractivity contribution in [2.75, 3.05) is 26.3 Å². The Balaban J connectivity index is 1.67. The Bertz CT molecular complexity index is 658. The second-order valence-electron chi connectivity index (χ2n) is 7.22. The minimum atomic E-state index is 0.169. The first-order valence-electron chi connectivity index (χ1n) is 8.94. The van der Waals surface area contributed by atoms with E-state index in [-0.39, 0.29) is 5.56 Å². The Morgan fingerprint density at radius 1 is 1.17 bits per heavy atom. The van der Waals surface area contributed by atoms with Gasteiger partial charge in [0, 0.05) is 56.6 Å². The Morgan fingerprint density at radius 3 is 2.78 bits per heavy atom. The van der Waals surface area contributed by atoms with E-state index in [1.165, 1.54) is 17.7 Å². The molecule has 0 amide bonds. The van der Waals surface area contributed by atoms with E-state index >= 15 is 0 Å². The summed E-state index contributed by atoms with van der Waals surface area (Å²) < 4.78 is 7.58. The highest BCUT2D eigenvalue weighted by Crippen LogP contribution is 2.38. The average Bonchev–Trinajstić information content (AvgIpc) is 2.58. The van der Waals surface area contributed by atoms with Crippen LogP contribution in [0.1, 0.15) is 43.4 Å². The molecule has 3 aliphatic rings. The third-order valence-corrected chi connectivity index (χ3v) is 5.70. The van der Waals surface area contributed by atoms with Crippen molar-refractivity contribution in [1.82, 2.24) is 9.47 Å². The largest absolute Gasteiger partial charge is 0.381 e. The van der Waals surface area contributed by atoms with Crippen LogP contribution in [0, 0.1) is 5.92 Å². The number of fused-ring (bicyclic) bond motifs is 4. The number of rotatable bonds is 2. The van der Waals surface area contributed by atoms with Gasteiger partial charge in [0.25, 0.3) is 5.56 Å². The molecule has 3 aliphatic heterocycles. The predicted molar refractivity (Wildman–Crippen MR) is 91.7 cm³/mol. The monoisotopic (exact) mass is 314 g/mol. The number of allylic oxidation sites excluding steroid dienone is 1. The lowest BCUT2D eigenvalue weighted by atomic mass is 9.80. The van der Waals surface area contributed by atoms with Crippen LogP contribution in [0.3, 0.4) is 0 Å². The Kier molecular flexibility index (Phi) is 4.12. The summed E-state index contributed by atoms with van der Waals surface area (Å²) in [6.07, 6.45) is 7.77. The molecule has 0 unspecified atom stereocenters. The summed E-state index contributed by atoms with van der Waals surface area (Å²) in [7, 11) is 0. The summed E-state index contributed by atoms with van der Waals surface area (Å²) in [6, 6.07) is 4.40. The van der Waals surface area contributed by atoms with Gasteiger partial charge in [0.15, 0.2) is 0 Å². The molecule has 4 nitrogen and oxygen atoms in total. The Labute approximate surface area is 137 Å². The second kappa shape index (κ2) is 6.25. The lowest BCUT2D eigenvalue weighted by Gasteiger charge is -2.47. The van der Waals surface area contributed by atoms with Gasteiger partial charge in [0.2, 0.25) is 0 Å². The number of pyridine rings is 1. The lowest BCUT2D eigenvalue weighted by Crippen LogP contribution is -2.52. The number of piperidine rings is 1. The van der Waals surface area contributed by atoms with Crippen molar-refractivity contribution in [2.45, 2.75) is 44.7 Å². The van der Waals surface area contributed by atoms with Gasteiger partial charge in [-0.05, 0) is 43.7 Å². The van der Waals surface area contributed by atoms with E-state index in [4.69, 9.17) is 4.74 Å². The maximum absolute atomic E-state index is 12.3. The van der Waals surface area contributed by atoms with Gasteiger partial charge >= 0.3 is 0 Å². The maximum Gasteiger partial charge on any atom is 0.250 e. The maximum atomic E-state index is 12.3. The smallest absolute Gasteiger partial charge is 0.250 e. The zero-order valence-corrected chi connectivity index (χ0v) is 13.9. The fourth-order valence-electron chi connectivity index (χ4n) is 4.75. The highest BCUT2D eigenvalue weighted by atomic mass is 16.5. The Hall–Kier alpha value is -1.39. The standard InChI is InChI=1S/C19H26N2O2/c1-2-3-15-4-5-18(22)21-12-14-10-16(19(15)21)13-20(11-14)17-6-8-23-9-7-17/h2-5,14,16-17H,6-13H2,1H3/t14-,16-/m0/s1. The van der Waals surface area contributed by atoms with Crippen molar-refractivity contribution in [2.24, 2.45) is 5.92 Å². The summed E-state index contributed by atoms with van der Waals surface area (Å²) in [5.74, 6) is 1.10. The molecule has 23 heavy (non-hydrogen) atoms. The van der Waals surface area contributed by atoms with Crippen LogP contribution in [0.25, 0.3) is 6.08 Å². The van der Waals surface area contributed by atoms with E-state index < -0.39 is 0 Å². The van der Waals surface area contributed by atoms with Gasteiger partial charge in [-0.1, -0.05) is 12.2 Å². The third kappa shape index (κ3) is 2.79. The molecule has 2 bridgehead atoms. The third-order valence-electron chi connectivity index (χ3n) is 5.70. The first-order chi connectivity index (χ1) is 11.3. The molecule has 0 N–H and O–H groups in total. The van der Waals surface area contributed by atoms with Gasteiger partial charge in [0.1, 0.15) is 0 Å². The number of hydrogen-bond acceptors (Lipinski definition) is 3. The van der Waals surface area contributed by atoms with Crippen LogP contribution in [0.4, 0.5) is 0 Å². The molecule has 0 radical (unpaired) electrons. The summed E-state index contributed by atoms with van der Waals surface area (Å²) in [5, 5.41) is 0. The topological polar surface area (TPSA) is 34.5 Å². The summed E-state index contributed by atoms with van der Waals surface area (Å²) in [5.41, 5.74) is 2.66. The van der Waals surface area contributed by atoms with Crippen molar-refractivity contribution in [3.63, 3.8) is 0 Å². The van der Waals surface area contributed by atoms with E-state index in [1.54, 1.807) is 6.07 Å². The van der Waals surface area contributed by atoms with Crippen molar-refractivity contribution < 1.29 is 4.74 Å². The molecule has 2 atom stereocenters. The van der Waals surface area contributed by atoms with Crippen LogP contribution < -0.4 is 5.56 Å². The minimum absolute atomic E-state index is 0.169. The quantitative estimate of drug-likeness (QED) is 0.841. The van der Waals surface area contributed by atoms with Crippen LogP contribution in [-0.4, -0.2) is 41.8 Å². The van der Waals surface area contributed by atoms with Crippen LogP contribution in [0.15, 0.2) is 23.0 Å². The van der Waals surface area contributed by atoms with Crippen molar-refractivity contribution in [3.8, 4) is 0 Å². The van der Waals surface area contributed by atoms with Gasteiger partial charge in [-0.2, -0.15) is 0 Å². The summed E-state index contributed by atoms with van der Waals surface area (Å²) in [4.78, 5) is 15.0. The number of nitrogens with zero attached hydrogens (tertiary/aromatic N) is 2. The number of hydrogen-bond donors (Lipinski definition) is 0. The number of aromatic nitrogens is 1. The molecule has 0 saturated carbocycles. The van der Waals surface area contributed by atoms with Crippen LogP contribution in [-0.2, 0) is 11.3 Å². The van der Waals surface area contributed by atoms with Crippen molar-refractivity contribution in [3.05, 3.63) is 39.8 Å². The number of likely N-dealkylation sites (tertiary alicyclic amines) is 1. The van der Waals surface area contributed by atoms with E-state index in [1.807, 2.05) is 13.0 Å². The van der Waals surface area contributed by atoms with Gasteiger partial charge < -0.3 is 9.30 Å². The number of ether oxygens (including phenoxy) is 1. The fourth-order valence-corrected chi connectivity index (χ4v) is 4.75. The molecule has 0 spiro atoms. The van der Waals surface area contributed by atoms with E-state index in [2.05, 4.69) is 21.6 Å². The SMILES string of the molecule is CC=Cc1ccc(=O)n2c1[C@H]1C[C@@H](CN(C3CCOCC3)C1)C2. The molecule has 1 aromatic heterocycles. The molecule has 4 rings (SSSR count). The molecule has 4 heteroatoms. The highest BCUT2D eigenvalue weighted by Gasteiger charge is 2.38. The molecule has 2 saturated heterocycles. The molecule has 0 aromatic carbocycles. The van der Waals surface area contributed by atoms with Gasteiger partial charge in [-0.15, -0.1) is 0 Å². The summed E-state index contributed by atoms with van der Waals surface area (Å²) in [6.45, 7) is 6.96. The van der Waals surface area contributed by atoms with Crippen LogP contribution in [0.5, 0.6) is 0 Å². The first-order valence-corrected chi connectivity index (χ1v) is 8.94. The van der Waals surface area contributed by atoms with Gasteiger partial charge in [0.05, 0.1) is 0 Å². The first kappa shape index (κ1) is 15.2. The molecule has 1 aromatic rings. The summed E-state index contributed by atoms with van der Waals surface area (Å²) >= 11 is 0. The zero-order chi connectivity index (χ0) is 15.8. The molecule has 0 aliphatic carbocycles. The van der Waals surface area contributed by atoms with E-state index in [0.29, 0.717) is 17.9 Å². The Morgan fingerprint density at radius 2 is 2.00 bits per heavy atom. The molecule has 124 valence electrons. The van der Waals surface area contributed by atoms with Crippen molar-refractivity contribution in [1.29, 1.82) is 0 Å². The fraction of sp³-hybridized carbons (Fsp3) is 0.632. The highest BCUT2D eigenvalue weighted by molar-refractivity contribution is 5.53. The minimum Gasteiger partial charge on any atom is -0.381 e. The predicted octanol–water partition coefficient (Wildman–Crippen LogP) is 2.48. The molecular weight excluding hydrogens is 288 g/mol. The van der Waals surface area contributed by atoms with E-state index in [0.717, 1.165) is 45.7 Å². The normalized spacial score (nSPS) is 28.9. The zero-order valence-electron chi connectivity index (χ0n) is 13.9. The average molecular weight is 314 g/mol. The molecular formula is C19H26N2O2. The van der Waals surface area contributed by atoms with Crippen LogP contribution >= 0.6 is 0 Å². The van der Waals surface area contributed by atoms with Gasteiger partial charge in [-0.25, -0.2) is 0 Å². The second-order valence-corrected chi connectivity index (χ2v) is 7.22. The van der Waals surface area contributed by atoms with Crippen molar-refractivity contribution >= 4 is 6.08 Å². The van der Waals surface area contributed by atoms with E-state index in [9.17, 15) is 4.79 Å². The van der Waals surface area contributed by atoms with Gasteiger partial charge in [-0.3, -0.25) is 9.69 Å². The molecule has 4 heterocycles.